The summed E-state index contributed by atoms with van der Waals surface area (Å²) in [5, 5.41) is 0. The van der Waals surface area contributed by atoms with Crippen molar-refractivity contribution >= 4 is 5.91 Å². The molecule has 7 heteroatoms. The summed E-state index contributed by atoms with van der Waals surface area (Å²) in [4.78, 5) is 15.6. The van der Waals surface area contributed by atoms with Crippen LogP contribution in [0, 0.1) is 0 Å². The predicted molar refractivity (Wildman–Crippen MR) is 138 cm³/mol. The maximum absolute atomic E-state index is 13.8. The van der Waals surface area contributed by atoms with Gasteiger partial charge >= 0.3 is 0 Å². The Morgan fingerprint density at radius 3 is 2.11 bits per heavy atom. The van der Waals surface area contributed by atoms with E-state index in [9.17, 15) is 4.79 Å². The Kier molecular flexibility index (Phi) is 7.88. The molecule has 0 radical (unpaired) electrons. The van der Waals surface area contributed by atoms with E-state index in [2.05, 4.69) is 19.1 Å². The zero-order chi connectivity index (χ0) is 25.7. The van der Waals surface area contributed by atoms with Gasteiger partial charge in [-0.15, -0.1) is 0 Å². The minimum Gasteiger partial charge on any atom is -0.493 e. The van der Waals surface area contributed by atoms with Crippen molar-refractivity contribution < 1.29 is 28.5 Å². The van der Waals surface area contributed by atoms with Crippen molar-refractivity contribution in [3.05, 3.63) is 76.9 Å². The summed E-state index contributed by atoms with van der Waals surface area (Å²) < 4.78 is 28.1. The second kappa shape index (κ2) is 11.2. The molecule has 3 aromatic carbocycles. The average Bonchev–Trinajstić information content (AvgIpc) is 2.94. The third-order valence-corrected chi connectivity index (χ3v) is 6.63. The minimum atomic E-state index is -0.319. The average molecular weight is 492 g/mol. The molecule has 0 fully saturated rings. The quantitative estimate of drug-likeness (QED) is 0.415. The molecule has 4 rings (SSSR count). The van der Waals surface area contributed by atoms with Crippen LogP contribution in [0.3, 0.4) is 0 Å². The van der Waals surface area contributed by atoms with Gasteiger partial charge in [0.2, 0.25) is 0 Å². The number of nitrogens with zero attached hydrogens (tertiary/aromatic N) is 1. The summed E-state index contributed by atoms with van der Waals surface area (Å²) in [7, 11) is 6.37. The smallest absolute Gasteiger partial charge is 0.254 e. The number of carbonyl (C=O) groups is 1. The number of fused-ring (bicyclic) bond motifs is 1. The Balaban J connectivity index is 1.69. The lowest BCUT2D eigenvalue weighted by Crippen LogP contribution is -2.42. The first-order valence-corrected chi connectivity index (χ1v) is 12.0. The fourth-order valence-electron chi connectivity index (χ4n) is 4.58. The molecule has 1 amide bonds. The molecule has 0 aliphatic carbocycles. The van der Waals surface area contributed by atoms with E-state index in [1.807, 2.05) is 29.2 Å². The molecule has 0 saturated carbocycles. The molecule has 36 heavy (non-hydrogen) atoms. The Morgan fingerprint density at radius 2 is 1.47 bits per heavy atom. The molecule has 1 heterocycles. The Labute approximate surface area is 212 Å². The largest absolute Gasteiger partial charge is 0.493 e. The van der Waals surface area contributed by atoms with Crippen molar-refractivity contribution in [2.75, 3.05) is 41.6 Å². The van der Waals surface area contributed by atoms with E-state index >= 15 is 0 Å². The van der Waals surface area contributed by atoms with Gasteiger partial charge in [0.1, 0.15) is 12.4 Å². The highest BCUT2D eigenvalue weighted by molar-refractivity contribution is 5.95. The first-order valence-electron chi connectivity index (χ1n) is 12.0. The topological polar surface area (TPSA) is 66.5 Å². The predicted octanol–water partition coefficient (Wildman–Crippen LogP) is 5.10. The van der Waals surface area contributed by atoms with E-state index in [1.165, 1.54) is 5.56 Å². The van der Waals surface area contributed by atoms with E-state index in [4.69, 9.17) is 23.7 Å². The number of hydrogen-bond donors (Lipinski definition) is 0. The number of benzene rings is 3. The van der Waals surface area contributed by atoms with Crippen LogP contribution in [0.15, 0.2) is 54.6 Å². The Bertz CT molecular complexity index is 1210. The number of rotatable bonds is 9. The van der Waals surface area contributed by atoms with Crippen molar-refractivity contribution in [1.82, 2.24) is 4.90 Å². The third-order valence-electron chi connectivity index (χ3n) is 6.63. The maximum atomic E-state index is 13.8. The fourth-order valence-corrected chi connectivity index (χ4v) is 4.58. The number of aryl methyl sites for hydroxylation is 1. The van der Waals surface area contributed by atoms with Crippen LogP contribution < -0.4 is 23.7 Å². The normalized spacial score (nSPS) is 14.6. The molecule has 1 aliphatic heterocycles. The number of amides is 1. The molecule has 1 aliphatic rings. The molecule has 190 valence electrons. The number of methoxy groups -OCH3 is 4. The lowest BCUT2D eigenvalue weighted by atomic mass is 9.91. The molecule has 3 aromatic rings. The van der Waals surface area contributed by atoms with Gasteiger partial charge in [-0.1, -0.05) is 19.1 Å². The summed E-state index contributed by atoms with van der Waals surface area (Å²) in [5.41, 5.74) is 3.86. The van der Waals surface area contributed by atoms with Gasteiger partial charge in [-0.25, -0.2) is 0 Å². The molecule has 1 unspecified atom stereocenters. The molecule has 0 spiro atoms. The standard InChI is InChI=1S/C29H33NO6/c1-6-19-7-10-22(11-8-19)36-18-24-23-17-28(35-5)27(34-4)15-20(23)13-14-30(24)29(31)21-9-12-25(32-2)26(16-21)33-3/h7-12,15-17,24H,6,13-14,18H2,1-5H3. The summed E-state index contributed by atoms with van der Waals surface area (Å²) in [6.07, 6.45) is 1.65. The molecule has 0 N–H and O–H groups in total. The minimum absolute atomic E-state index is 0.105. The van der Waals surface area contributed by atoms with Gasteiger partial charge in [-0.05, 0) is 72.0 Å². The van der Waals surface area contributed by atoms with Gasteiger partial charge in [0.05, 0.1) is 34.5 Å². The van der Waals surface area contributed by atoms with Crippen LogP contribution in [0.5, 0.6) is 28.7 Å². The second-order valence-electron chi connectivity index (χ2n) is 8.55. The van der Waals surface area contributed by atoms with Crippen LogP contribution in [0.2, 0.25) is 0 Å². The van der Waals surface area contributed by atoms with Gasteiger partial charge in [0, 0.05) is 12.1 Å². The van der Waals surface area contributed by atoms with E-state index in [-0.39, 0.29) is 11.9 Å². The van der Waals surface area contributed by atoms with Crippen molar-refractivity contribution in [3.63, 3.8) is 0 Å². The number of ether oxygens (including phenoxy) is 5. The molecule has 7 nitrogen and oxygen atoms in total. The lowest BCUT2D eigenvalue weighted by molar-refractivity contribution is 0.0589. The van der Waals surface area contributed by atoms with Gasteiger partial charge in [-0.2, -0.15) is 0 Å². The van der Waals surface area contributed by atoms with E-state index < -0.39 is 0 Å². The number of carbonyl (C=O) groups excluding carboxylic acids is 1. The van der Waals surface area contributed by atoms with Crippen molar-refractivity contribution in [1.29, 1.82) is 0 Å². The van der Waals surface area contributed by atoms with Crippen LogP contribution in [-0.2, 0) is 12.8 Å². The van der Waals surface area contributed by atoms with Crippen molar-refractivity contribution in [3.8, 4) is 28.7 Å². The Morgan fingerprint density at radius 1 is 0.833 bits per heavy atom. The third kappa shape index (κ3) is 5.05. The fraction of sp³-hybridized carbons (Fsp3) is 0.345. The first kappa shape index (κ1) is 25.2. The van der Waals surface area contributed by atoms with E-state index in [0.29, 0.717) is 48.1 Å². The highest BCUT2D eigenvalue weighted by Gasteiger charge is 2.33. The lowest BCUT2D eigenvalue weighted by Gasteiger charge is -2.37. The zero-order valence-electron chi connectivity index (χ0n) is 21.5. The monoisotopic (exact) mass is 491 g/mol. The summed E-state index contributed by atoms with van der Waals surface area (Å²) in [6, 6.07) is 16.9. The summed E-state index contributed by atoms with van der Waals surface area (Å²) in [6.45, 7) is 2.96. The molecule has 0 aromatic heterocycles. The first-order chi connectivity index (χ1) is 17.5. The second-order valence-corrected chi connectivity index (χ2v) is 8.55. The Hall–Kier alpha value is -3.87. The van der Waals surface area contributed by atoms with Crippen LogP contribution in [0.4, 0.5) is 0 Å². The number of hydrogen-bond acceptors (Lipinski definition) is 6. The molecular formula is C29H33NO6. The highest BCUT2D eigenvalue weighted by Crippen LogP contribution is 2.39. The van der Waals surface area contributed by atoms with E-state index in [1.54, 1.807) is 46.6 Å². The van der Waals surface area contributed by atoms with Crippen molar-refractivity contribution in [2.45, 2.75) is 25.8 Å². The van der Waals surface area contributed by atoms with E-state index in [0.717, 1.165) is 23.3 Å². The van der Waals surface area contributed by atoms with Crippen LogP contribution >= 0.6 is 0 Å². The molecule has 0 bridgehead atoms. The summed E-state index contributed by atoms with van der Waals surface area (Å²) in [5.74, 6) is 3.03. The van der Waals surface area contributed by atoms with Crippen molar-refractivity contribution in [2.24, 2.45) is 0 Å². The summed E-state index contributed by atoms with van der Waals surface area (Å²) >= 11 is 0. The zero-order valence-corrected chi connectivity index (χ0v) is 21.5. The molecule has 0 saturated heterocycles. The molecular weight excluding hydrogens is 458 g/mol. The van der Waals surface area contributed by atoms with Gasteiger partial charge < -0.3 is 28.6 Å². The van der Waals surface area contributed by atoms with Crippen LogP contribution in [-0.4, -0.2) is 52.4 Å². The van der Waals surface area contributed by atoms with Crippen LogP contribution in [0.1, 0.15) is 40.0 Å². The molecule has 1 atom stereocenters. The SMILES string of the molecule is CCc1ccc(OCC2c3cc(OC)c(OC)cc3CCN2C(=O)c2ccc(OC)c(OC)c2)cc1. The van der Waals surface area contributed by atoms with Gasteiger partial charge in [0.25, 0.3) is 5.91 Å². The maximum Gasteiger partial charge on any atom is 0.254 e. The highest BCUT2D eigenvalue weighted by atomic mass is 16.5. The van der Waals surface area contributed by atoms with Gasteiger partial charge in [0.15, 0.2) is 23.0 Å². The van der Waals surface area contributed by atoms with Gasteiger partial charge in [-0.3, -0.25) is 4.79 Å². The van der Waals surface area contributed by atoms with Crippen LogP contribution in [0.25, 0.3) is 0 Å².